The second-order valence-electron chi connectivity index (χ2n) is 3.68. The van der Waals surface area contributed by atoms with Gasteiger partial charge in [0.05, 0.1) is 11.8 Å². The molecule has 0 aliphatic rings. The Balaban J connectivity index is 2.22. The van der Waals surface area contributed by atoms with Crippen LogP contribution in [0.3, 0.4) is 0 Å². The van der Waals surface area contributed by atoms with Crippen molar-refractivity contribution < 1.29 is 9.15 Å². The van der Waals surface area contributed by atoms with Crippen molar-refractivity contribution in [2.75, 3.05) is 0 Å². The minimum atomic E-state index is 0.336. The molecule has 0 aliphatic carbocycles. The fraction of sp³-hybridized carbons (Fsp3) is 0.154. The minimum absolute atomic E-state index is 0.336. The maximum absolute atomic E-state index is 5.71. The molecule has 0 aliphatic heterocycles. The number of nitrogens with two attached hydrogens (primary N) is 1. The Bertz CT molecular complexity index is 520. The van der Waals surface area contributed by atoms with Crippen LogP contribution in [0.15, 0.2) is 41.0 Å². The topological polar surface area (TPSA) is 48.4 Å². The number of rotatable bonds is 4. The number of hydrogen-bond donors (Lipinski definition) is 1. The van der Waals surface area contributed by atoms with Gasteiger partial charge in [0.1, 0.15) is 23.1 Å². The van der Waals surface area contributed by atoms with E-state index in [9.17, 15) is 0 Å². The molecule has 0 bridgehead atoms. The van der Waals surface area contributed by atoms with E-state index in [1.165, 1.54) is 0 Å². The van der Waals surface area contributed by atoms with Crippen molar-refractivity contribution in [1.29, 1.82) is 0 Å². The van der Waals surface area contributed by atoms with Crippen LogP contribution in [0.5, 0.6) is 5.75 Å². The number of aryl methyl sites for hydroxylation is 1. The molecule has 2 rings (SSSR count). The number of benzene rings is 1. The fourth-order valence-corrected chi connectivity index (χ4v) is 1.74. The van der Waals surface area contributed by atoms with E-state index < -0.39 is 0 Å². The number of furan rings is 1. The largest absolute Gasteiger partial charge is 0.485 e. The molecule has 0 amide bonds. The molecule has 0 fully saturated rings. The maximum Gasteiger partial charge on any atom is 0.146 e. The molecule has 1 aromatic carbocycles. The summed E-state index contributed by atoms with van der Waals surface area (Å²) in [7, 11) is 0. The first-order valence-corrected chi connectivity index (χ1v) is 5.64. The Hall–Kier alpha value is -1.81. The molecule has 1 aromatic heterocycles. The molecule has 1 heterocycles. The predicted octanol–water partition coefficient (Wildman–Crippen LogP) is 2.80. The maximum atomic E-state index is 5.71. The van der Waals surface area contributed by atoms with E-state index in [1.54, 1.807) is 6.26 Å². The fourth-order valence-electron chi connectivity index (χ4n) is 1.58. The van der Waals surface area contributed by atoms with E-state index in [2.05, 4.69) is 0 Å². The van der Waals surface area contributed by atoms with Gasteiger partial charge in [-0.2, -0.15) is 0 Å². The molecule has 0 unspecified atom stereocenters. The lowest BCUT2D eigenvalue weighted by Gasteiger charge is -2.12. The van der Waals surface area contributed by atoms with Gasteiger partial charge < -0.3 is 14.9 Å². The molecule has 0 radical (unpaired) electrons. The van der Waals surface area contributed by atoms with Gasteiger partial charge in [-0.15, -0.1) is 0 Å². The average Bonchev–Trinajstić information content (AvgIpc) is 2.80. The molecule has 3 nitrogen and oxygen atoms in total. The highest BCUT2D eigenvalue weighted by atomic mass is 32.1. The first-order valence-electron chi connectivity index (χ1n) is 5.23. The molecular formula is C13H13NO2S. The number of ether oxygens (including phenoxy) is 1. The summed E-state index contributed by atoms with van der Waals surface area (Å²) in [5.41, 5.74) is 7.42. The van der Waals surface area contributed by atoms with Crippen LogP contribution < -0.4 is 10.5 Å². The first kappa shape index (κ1) is 11.7. The third kappa shape index (κ3) is 2.65. The van der Waals surface area contributed by atoms with E-state index in [-0.39, 0.29) is 0 Å². The molecule has 2 aromatic rings. The lowest BCUT2D eigenvalue weighted by atomic mass is 10.1. The molecule has 0 saturated carbocycles. The van der Waals surface area contributed by atoms with Crippen molar-refractivity contribution in [3.05, 3.63) is 53.5 Å². The summed E-state index contributed by atoms with van der Waals surface area (Å²) in [6, 6.07) is 9.40. The van der Waals surface area contributed by atoms with Crippen LogP contribution in [-0.2, 0) is 6.61 Å². The number of para-hydroxylation sites is 1. The number of hydrogen-bond acceptors (Lipinski definition) is 3. The molecule has 2 N–H and O–H groups in total. The standard InChI is InChI=1S/C13H13NO2S/c1-9-4-2-6-11(13(14)17)12(9)16-8-10-5-3-7-15-10/h2-7H,8H2,1H3,(H2,14,17). The Kier molecular flexibility index (Phi) is 3.44. The molecular weight excluding hydrogens is 234 g/mol. The summed E-state index contributed by atoms with van der Waals surface area (Å²) in [6.07, 6.45) is 1.62. The second kappa shape index (κ2) is 5.01. The summed E-state index contributed by atoms with van der Waals surface area (Å²) >= 11 is 5.00. The third-order valence-corrected chi connectivity index (χ3v) is 2.64. The third-order valence-electron chi connectivity index (χ3n) is 2.42. The zero-order chi connectivity index (χ0) is 12.3. The van der Waals surface area contributed by atoms with Crippen molar-refractivity contribution in [2.45, 2.75) is 13.5 Å². The number of thiocarbonyl (C=S) groups is 1. The molecule has 4 heteroatoms. The summed E-state index contributed by atoms with van der Waals surface area (Å²) in [5.74, 6) is 1.48. The summed E-state index contributed by atoms with van der Waals surface area (Å²) in [6.45, 7) is 2.33. The van der Waals surface area contributed by atoms with Gasteiger partial charge in [-0.3, -0.25) is 0 Å². The molecule has 0 atom stereocenters. The van der Waals surface area contributed by atoms with Gasteiger partial charge in [-0.25, -0.2) is 0 Å². The van der Waals surface area contributed by atoms with Crippen molar-refractivity contribution in [3.63, 3.8) is 0 Å². The molecule has 0 saturated heterocycles. The van der Waals surface area contributed by atoms with Crippen LogP contribution in [0, 0.1) is 6.92 Å². The van der Waals surface area contributed by atoms with Crippen molar-refractivity contribution >= 4 is 17.2 Å². The van der Waals surface area contributed by atoms with E-state index in [4.69, 9.17) is 27.1 Å². The van der Waals surface area contributed by atoms with Gasteiger partial charge in [-0.05, 0) is 30.7 Å². The molecule has 17 heavy (non-hydrogen) atoms. The molecule has 0 spiro atoms. The molecule has 88 valence electrons. The summed E-state index contributed by atoms with van der Waals surface area (Å²) in [4.78, 5) is 0.336. The van der Waals surface area contributed by atoms with Crippen LogP contribution >= 0.6 is 12.2 Å². The minimum Gasteiger partial charge on any atom is -0.485 e. The highest BCUT2D eigenvalue weighted by molar-refractivity contribution is 7.80. The van der Waals surface area contributed by atoms with Crippen molar-refractivity contribution in [2.24, 2.45) is 5.73 Å². The lowest BCUT2D eigenvalue weighted by Crippen LogP contribution is -2.12. The Labute approximate surface area is 105 Å². The highest BCUT2D eigenvalue weighted by Crippen LogP contribution is 2.24. The zero-order valence-electron chi connectivity index (χ0n) is 9.47. The lowest BCUT2D eigenvalue weighted by molar-refractivity contribution is 0.268. The van der Waals surface area contributed by atoms with Crippen LogP contribution in [0.1, 0.15) is 16.9 Å². The zero-order valence-corrected chi connectivity index (χ0v) is 10.3. The Morgan fingerprint density at radius 1 is 1.35 bits per heavy atom. The average molecular weight is 247 g/mol. The second-order valence-corrected chi connectivity index (χ2v) is 4.12. The summed E-state index contributed by atoms with van der Waals surface area (Å²) in [5, 5.41) is 0. The van der Waals surface area contributed by atoms with Crippen molar-refractivity contribution in [1.82, 2.24) is 0 Å². The highest BCUT2D eigenvalue weighted by Gasteiger charge is 2.09. The Morgan fingerprint density at radius 3 is 2.82 bits per heavy atom. The van der Waals surface area contributed by atoms with E-state index in [0.29, 0.717) is 11.6 Å². The van der Waals surface area contributed by atoms with Gasteiger partial charge in [0, 0.05) is 0 Å². The van der Waals surface area contributed by atoms with Crippen LogP contribution in [0.25, 0.3) is 0 Å². The normalized spacial score (nSPS) is 10.2. The predicted molar refractivity (Wildman–Crippen MR) is 70.1 cm³/mol. The Morgan fingerprint density at radius 2 is 2.18 bits per heavy atom. The van der Waals surface area contributed by atoms with Gasteiger partial charge in [-0.1, -0.05) is 24.4 Å². The van der Waals surface area contributed by atoms with Crippen molar-refractivity contribution in [3.8, 4) is 5.75 Å². The smallest absolute Gasteiger partial charge is 0.146 e. The summed E-state index contributed by atoms with van der Waals surface area (Å²) < 4.78 is 10.9. The van der Waals surface area contributed by atoms with E-state index in [1.807, 2.05) is 37.3 Å². The van der Waals surface area contributed by atoms with Crippen LogP contribution in [0.4, 0.5) is 0 Å². The quantitative estimate of drug-likeness (QED) is 0.844. The van der Waals surface area contributed by atoms with Crippen LogP contribution in [-0.4, -0.2) is 4.99 Å². The van der Waals surface area contributed by atoms with Gasteiger partial charge >= 0.3 is 0 Å². The van der Waals surface area contributed by atoms with Gasteiger partial charge in [0.15, 0.2) is 0 Å². The van der Waals surface area contributed by atoms with E-state index in [0.717, 1.165) is 22.6 Å². The first-order chi connectivity index (χ1) is 8.18. The SMILES string of the molecule is Cc1cccc(C(N)=S)c1OCc1ccco1. The van der Waals surface area contributed by atoms with Crippen LogP contribution in [0.2, 0.25) is 0 Å². The van der Waals surface area contributed by atoms with Gasteiger partial charge in [0.2, 0.25) is 0 Å². The monoisotopic (exact) mass is 247 g/mol. The van der Waals surface area contributed by atoms with Gasteiger partial charge in [0.25, 0.3) is 0 Å². The van der Waals surface area contributed by atoms with E-state index >= 15 is 0 Å².